The second-order valence-corrected chi connectivity index (χ2v) is 6.92. The highest BCUT2D eigenvalue weighted by Gasteiger charge is 2.19. The van der Waals surface area contributed by atoms with E-state index in [9.17, 15) is 4.79 Å². The molecule has 0 fully saturated rings. The number of nitrogens with one attached hydrogen (secondary N) is 1. The van der Waals surface area contributed by atoms with Gasteiger partial charge in [-0.15, -0.1) is 0 Å². The van der Waals surface area contributed by atoms with E-state index in [4.69, 9.17) is 16.0 Å². The average molecular weight is 370 g/mol. The van der Waals surface area contributed by atoms with Crippen LogP contribution in [0.15, 0.2) is 52.9 Å². The molecule has 0 unspecified atom stereocenters. The number of unbranched alkanes of at least 4 members (excludes halogenated alkanes) is 4. The third-order valence-electron chi connectivity index (χ3n) is 4.50. The van der Waals surface area contributed by atoms with E-state index >= 15 is 0 Å². The third-order valence-corrected chi connectivity index (χ3v) is 4.75. The molecule has 3 rings (SSSR count). The van der Waals surface area contributed by atoms with E-state index in [1.165, 1.54) is 19.3 Å². The van der Waals surface area contributed by atoms with Crippen LogP contribution in [0.2, 0.25) is 5.02 Å². The first kappa shape index (κ1) is 18.5. The molecule has 1 N–H and O–H groups in total. The van der Waals surface area contributed by atoms with Gasteiger partial charge in [-0.3, -0.25) is 4.79 Å². The molecule has 3 aromatic rings. The van der Waals surface area contributed by atoms with Crippen LogP contribution in [0.1, 0.15) is 49.6 Å². The fourth-order valence-electron chi connectivity index (χ4n) is 3.09. The van der Waals surface area contributed by atoms with Gasteiger partial charge in [0.2, 0.25) is 0 Å². The molecular formula is C22H24ClNO2. The first-order valence-corrected chi connectivity index (χ1v) is 9.64. The van der Waals surface area contributed by atoms with Crippen LogP contribution in [0.3, 0.4) is 0 Å². The Labute approximate surface area is 159 Å². The number of halogens is 1. The fraction of sp³-hybridized carbons (Fsp3) is 0.318. The summed E-state index contributed by atoms with van der Waals surface area (Å²) in [7, 11) is 0. The average Bonchev–Trinajstić information content (AvgIpc) is 3.05. The summed E-state index contributed by atoms with van der Waals surface area (Å²) >= 11 is 5.98. The van der Waals surface area contributed by atoms with E-state index in [-0.39, 0.29) is 5.91 Å². The van der Waals surface area contributed by atoms with Gasteiger partial charge in [0.05, 0.1) is 0 Å². The van der Waals surface area contributed by atoms with Gasteiger partial charge in [-0.05, 0) is 30.7 Å². The van der Waals surface area contributed by atoms with Gasteiger partial charge >= 0.3 is 0 Å². The van der Waals surface area contributed by atoms with Crippen molar-refractivity contribution in [2.45, 2.75) is 39.0 Å². The number of hydrogen-bond donors (Lipinski definition) is 1. The standard InChI is InChI=1S/C22H24ClNO2/c1-2-3-4-5-8-15-24-22(25)21-19-10-7-6-9-18(19)20(26-21)16-11-13-17(23)14-12-16/h6-7,9-14H,2-5,8,15H2,1H3,(H,24,25). The van der Waals surface area contributed by atoms with Crippen molar-refractivity contribution in [3.05, 3.63) is 59.3 Å². The van der Waals surface area contributed by atoms with E-state index < -0.39 is 0 Å². The normalized spacial score (nSPS) is 11.0. The van der Waals surface area contributed by atoms with Gasteiger partial charge in [0.15, 0.2) is 5.76 Å². The Hall–Kier alpha value is -2.26. The SMILES string of the molecule is CCCCCCCNC(=O)c1oc(-c2ccc(Cl)cc2)c2ccccc12. The molecule has 0 saturated heterocycles. The molecule has 26 heavy (non-hydrogen) atoms. The van der Waals surface area contributed by atoms with Crippen molar-refractivity contribution in [2.24, 2.45) is 0 Å². The van der Waals surface area contributed by atoms with E-state index in [1.807, 2.05) is 48.5 Å². The molecule has 1 amide bonds. The number of rotatable bonds is 8. The highest BCUT2D eigenvalue weighted by atomic mass is 35.5. The molecule has 0 spiro atoms. The molecule has 0 aliphatic rings. The summed E-state index contributed by atoms with van der Waals surface area (Å²) in [5.41, 5.74) is 0.907. The molecule has 0 radical (unpaired) electrons. The Morgan fingerprint density at radius 3 is 2.38 bits per heavy atom. The minimum atomic E-state index is -0.156. The van der Waals surface area contributed by atoms with Gasteiger partial charge < -0.3 is 9.73 Å². The molecule has 1 heterocycles. The molecule has 136 valence electrons. The Kier molecular flexibility index (Phi) is 6.35. The largest absolute Gasteiger partial charge is 0.450 e. The lowest BCUT2D eigenvalue weighted by Gasteiger charge is -2.03. The van der Waals surface area contributed by atoms with Gasteiger partial charge in [-0.2, -0.15) is 0 Å². The zero-order valence-electron chi connectivity index (χ0n) is 15.1. The van der Waals surface area contributed by atoms with E-state index in [2.05, 4.69) is 12.2 Å². The summed E-state index contributed by atoms with van der Waals surface area (Å²) in [5.74, 6) is 0.918. The number of carbonyl (C=O) groups excluding carboxylic acids is 1. The van der Waals surface area contributed by atoms with Gasteiger partial charge in [-0.25, -0.2) is 0 Å². The molecule has 0 bridgehead atoms. The summed E-state index contributed by atoms with van der Waals surface area (Å²) in [4.78, 5) is 12.6. The Morgan fingerprint density at radius 1 is 0.962 bits per heavy atom. The molecule has 0 aliphatic carbocycles. The van der Waals surface area contributed by atoms with Crippen LogP contribution in [0, 0.1) is 0 Å². The highest BCUT2D eigenvalue weighted by molar-refractivity contribution is 6.30. The Morgan fingerprint density at radius 2 is 1.65 bits per heavy atom. The number of hydrogen-bond acceptors (Lipinski definition) is 2. The quantitative estimate of drug-likeness (QED) is 0.463. The summed E-state index contributed by atoms with van der Waals surface area (Å²) in [6.45, 7) is 2.87. The lowest BCUT2D eigenvalue weighted by Crippen LogP contribution is -2.24. The summed E-state index contributed by atoms with van der Waals surface area (Å²) < 4.78 is 5.99. The van der Waals surface area contributed by atoms with Crippen LogP contribution >= 0.6 is 11.6 Å². The maximum absolute atomic E-state index is 12.6. The van der Waals surface area contributed by atoms with E-state index in [0.29, 0.717) is 23.1 Å². The molecule has 4 heteroatoms. The Bertz CT molecular complexity index is 867. The lowest BCUT2D eigenvalue weighted by atomic mass is 10.1. The van der Waals surface area contributed by atoms with Crippen molar-refractivity contribution in [3.8, 4) is 11.3 Å². The van der Waals surface area contributed by atoms with Crippen molar-refractivity contribution in [2.75, 3.05) is 6.54 Å². The molecule has 0 saturated carbocycles. The highest BCUT2D eigenvalue weighted by Crippen LogP contribution is 2.34. The number of furan rings is 1. The van der Waals surface area contributed by atoms with Crippen LogP contribution in [0.5, 0.6) is 0 Å². The van der Waals surface area contributed by atoms with E-state index in [0.717, 1.165) is 29.2 Å². The topological polar surface area (TPSA) is 42.2 Å². The molecule has 0 aliphatic heterocycles. The van der Waals surface area contributed by atoms with Gasteiger partial charge in [0, 0.05) is 27.9 Å². The monoisotopic (exact) mass is 369 g/mol. The van der Waals surface area contributed by atoms with Crippen LogP contribution in [0.25, 0.3) is 22.1 Å². The number of benzene rings is 2. The van der Waals surface area contributed by atoms with Crippen LogP contribution in [-0.2, 0) is 0 Å². The second-order valence-electron chi connectivity index (χ2n) is 6.48. The van der Waals surface area contributed by atoms with Crippen molar-refractivity contribution in [1.82, 2.24) is 5.32 Å². The van der Waals surface area contributed by atoms with Crippen molar-refractivity contribution in [3.63, 3.8) is 0 Å². The Balaban J connectivity index is 1.78. The zero-order chi connectivity index (χ0) is 18.4. The lowest BCUT2D eigenvalue weighted by molar-refractivity contribution is 0.0928. The van der Waals surface area contributed by atoms with E-state index in [1.54, 1.807) is 0 Å². The summed E-state index contributed by atoms with van der Waals surface area (Å²) in [5, 5.41) is 5.43. The van der Waals surface area contributed by atoms with Crippen LogP contribution < -0.4 is 5.32 Å². The molecule has 1 aromatic heterocycles. The summed E-state index contributed by atoms with van der Waals surface area (Å²) in [6.07, 6.45) is 5.83. The fourth-order valence-corrected chi connectivity index (χ4v) is 3.21. The molecule has 3 nitrogen and oxygen atoms in total. The predicted octanol–water partition coefficient (Wildman–Crippen LogP) is 6.45. The maximum atomic E-state index is 12.6. The third kappa shape index (κ3) is 4.28. The minimum Gasteiger partial charge on any atom is -0.450 e. The van der Waals surface area contributed by atoms with Gasteiger partial charge in [0.1, 0.15) is 5.76 Å². The number of fused-ring (bicyclic) bond motifs is 1. The first-order valence-electron chi connectivity index (χ1n) is 9.26. The first-order chi connectivity index (χ1) is 12.7. The van der Waals surface area contributed by atoms with Crippen molar-refractivity contribution >= 4 is 28.3 Å². The van der Waals surface area contributed by atoms with Crippen molar-refractivity contribution < 1.29 is 9.21 Å². The van der Waals surface area contributed by atoms with Gasteiger partial charge in [-0.1, -0.05) is 68.5 Å². The number of amides is 1. The minimum absolute atomic E-state index is 0.156. The smallest absolute Gasteiger partial charge is 0.287 e. The molecular weight excluding hydrogens is 346 g/mol. The number of carbonyl (C=O) groups is 1. The predicted molar refractivity (Wildman–Crippen MR) is 108 cm³/mol. The maximum Gasteiger partial charge on any atom is 0.287 e. The van der Waals surface area contributed by atoms with Gasteiger partial charge in [0.25, 0.3) is 5.91 Å². The zero-order valence-corrected chi connectivity index (χ0v) is 15.8. The van der Waals surface area contributed by atoms with Crippen LogP contribution in [0.4, 0.5) is 0 Å². The molecule has 0 atom stereocenters. The van der Waals surface area contributed by atoms with Crippen molar-refractivity contribution in [1.29, 1.82) is 0 Å². The summed E-state index contributed by atoms with van der Waals surface area (Å²) in [6, 6.07) is 15.2. The second kappa shape index (κ2) is 8.91. The molecule has 2 aromatic carbocycles. The van der Waals surface area contributed by atoms with Crippen LogP contribution in [-0.4, -0.2) is 12.5 Å².